The molecule has 6 heteroatoms. The van der Waals surface area contributed by atoms with E-state index in [0.29, 0.717) is 24.6 Å². The van der Waals surface area contributed by atoms with Crippen LogP contribution < -0.4 is 14.8 Å². The van der Waals surface area contributed by atoms with E-state index in [0.717, 1.165) is 0 Å². The van der Waals surface area contributed by atoms with Gasteiger partial charge in [-0.25, -0.2) is 0 Å². The van der Waals surface area contributed by atoms with Crippen LogP contribution in [0.4, 0.5) is 0 Å². The van der Waals surface area contributed by atoms with Crippen molar-refractivity contribution in [3.63, 3.8) is 0 Å². The van der Waals surface area contributed by atoms with Crippen LogP contribution in [-0.4, -0.2) is 50.1 Å². The van der Waals surface area contributed by atoms with Gasteiger partial charge >= 0.3 is 0 Å². The van der Waals surface area contributed by atoms with Crippen molar-refractivity contribution in [2.75, 3.05) is 33.4 Å². The number of carbonyl (C=O) groups excluding carboxylic acids is 2. The third-order valence-electron chi connectivity index (χ3n) is 2.98. The van der Waals surface area contributed by atoms with Gasteiger partial charge in [0.2, 0.25) is 5.91 Å². The fourth-order valence-corrected chi connectivity index (χ4v) is 1.79. The molecule has 0 saturated carbocycles. The summed E-state index contributed by atoms with van der Waals surface area (Å²) in [5, 5.41) is 2.54. The van der Waals surface area contributed by atoms with Gasteiger partial charge in [-0.15, -0.1) is 0 Å². The molecule has 0 radical (unpaired) electrons. The van der Waals surface area contributed by atoms with E-state index in [4.69, 9.17) is 9.47 Å². The molecule has 0 aliphatic rings. The van der Waals surface area contributed by atoms with E-state index in [-0.39, 0.29) is 25.0 Å². The lowest BCUT2D eigenvalue weighted by Gasteiger charge is -2.18. The number of carbonyl (C=O) groups is 2. The standard InChI is InChI=1S/C15H22N2O4/c1-4-17(5-2)15(19)10-16-14(18)11-21-13-9-7-6-8-12(13)20-3/h6-9H,4-5,10-11H2,1-3H3,(H,16,18). The summed E-state index contributed by atoms with van der Waals surface area (Å²) in [5.41, 5.74) is 0. The van der Waals surface area contributed by atoms with Gasteiger partial charge in [0.05, 0.1) is 13.7 Å². The minimum atomic E-state index is -0.346. The number of hydrogen-bond acceptors (Lipinski definition) is 4. The van der Waals surface area contributed by atoms with Gasteiger partial charge in [-0.05, 0) is 26.0 Å². The van der Waals surface area contributed by atoms with Crippen molar-refractivity contribution < 1.29 is 19.1 Å². The molecule has 0 saturated heterocycles. The summed E-state index contributed by atoms with van der Waals surface area (Å²) >= 11 is 0. The molecule has 6 nitrogen and oxygen atoms in total. The molecule has 0 atom stereocenters. The smallest absolute Gasteiger partial charge is 0.258 e. The lowest BCUT2D eigenvalue weighted by molar-refractivity contribution is -0.133. The maximum atomic E-state index is 11.7. The van der Waals surface area contributed by atoms with E-state index in [2.05, 4.69) is 5.32 Å². The number of hydrogen-bond donors (Lipinski definition) is 1. The van der Waals surface area contributed by atoms with Crippen LogP contribution >= 0.6 is 0 Å². The Hall–Kier alpha value is -2.24. The maximum Gasteiger partial charge on any atom is 0.258 e. The average Bonchev–Trinajstić information content (AvgIpc) is 2.52. The first-order chi connectivity index (χ1) is 10.1. The number of amides is 2. The molecule has 0 bridgehead atoms. The highest BCUT2D eigenvalue weighted by atomic mass is 16.5. The topological polar surface area (TPSA) is 67.9 Å². The van der Waals surface area contributed by atoms with E-state index >= 15 is 0 Å². The summed E-state index contributed by atoms with van der Waals surface area (Å²) in [6, 6.07) is 7.07. The summed E-state index contributed by atoms with van der Waals surface area (Å²) in [6.45, 7) is 4.87. The molecule has 0 spiro atoms. The Morgan fingerprint density at radius 3 is 2.33 bits per heavy atom. The summed E-state index contributed by atoms with van der Waals surface area (Å²) in [4.78, 5) is 25.1. The molecule has 0 heterocycles. The normalized spacial score (nSPS) is 9.86. The molecule has 1 rings (SSSR count). The highest BCUT2D eigenvalue weighted by Gasteiger charge is 2.12. The second-order valence-electron chi connectivity index (χ2n) is 4.28. The third-order valence-corrected chi connectivity index (χ3v) is 2.98. The van der Waals surface area contributed by atoms with Crippen LogP contribution in [0.1, 0.15) is 13.8 Å². The monoisotopic (exact) mass is 294 g/mol. The van der Waals surface area contributed by atoms with E-state index < -0.39 is 0 Å². The van der Waals surface area contributed by atoms with Crippen molar-refractivity contribution in [2.24, 2.45) is 0 Å². The van der Waals surface area contributed by atoms with Gasteiger partial charge in [0.1, 0.15) is 0 Å². The number of ether oxygens (including phenoxy) is 2. The Labute approximate surface area is 125 Å². The van der Waals surface area contributed by atoms with Gasteiger partial charge in [0.25, 0.3) is 5.91 Å². The van der Waals surface area contributed by atoms with E-state index in [1.807, 2.05) is 19.9 Å². The SMILES string of the molecule is CCN(CC)C(=O)CNC(=O)COc1ccccc1OC. The molecule has 0 aromatic heterocycles. The Morgan fingerprint density at radius 1 is 1.14 bits per heavy atom. The first kappa shape index (κ1) is 16.8. The van der Waals surface area contributed by atoms with Crippen molar-refractivity contribution in [1.29, 1.82) is 0 Å². The third kappa shape index (κ3) is 5.33. The van der Waals surface area contributed by atoms with Crippen LogP contribution in [0.5, 0.6) is 11.5 Å². The van der Waals surface area contributed by atoms with Crippen LogP contribution in [-0.2, 0) is 9.59 Å². The van der Waals surface area contributed by atoms with E-state index in [1.165, 1.54) is 7.11 Å². The minimum absolute atomic E-state index is 0.0181. The largest absolute Gasteiger partial charge is 0.493 e. The molecule has 116 valence electrons. The van der Waals surface area contributed by atoms with Gasteiger partial charge in [-0.1, -0.05) is 12.1 Å². The fourth-order valence-electron chi connectivity index (χ4n) is 1.79. The van der Waals surface area contributed by atoms with Crippen LogP contribution in [0.2, 0.25) is 0 Å². The zero-order valence-corrected chi connectivity index (χ0v) is 12.7. The molecule has 0 unspecified atom stereocenters. The minimum Gasteiger partial charge on any atom is -0.493 e. The van der Waals surface area contributed by atoms with Crippen molar-refractivity contribution in [1.82, 2.24) is 10.2 Å². The molecule has 2 amide bonds. The predicted octanol–water partition coefficient (Wildman–Crippen LogP) is 1.06. The average molecular weight is 294 g/mol. The Bertz CT molecular complexity index is 472. The fraction of sp³-hybridized carbons (Fsp3) is 0.467. The zero-order chi connectivity index (χ0) is 15.7. The van der Waals surface area contributed by atoms with Crippen LogP contribution in [0, 0.1) is 0 Å². The van der Waals surface area contributed by atoms with Crippen molar-refractivity contribution >= 4 is 11.8 Å². The summed E-state index contributed by atoms with van der Waals surface area (Å²) in [5.74, 6) is 0.599. The number of rotatable bonds is 8. The molecule has 0 fully saturated rings. The molecule has 0 aliphatic heterocycles. The summed E-state index contributed by atoms with van der Waals surface area (Å²) in [6.07, 6.45) is 0. The Balaban J connectivity index is 2.39. The molecule has 1 aromatic rings. The van der Waals surface area contributed by atoms with Gasteiger partial charge in [0.15, 0.2) is 18.1 Å². The summed E-state index contributed by atoms with van der Waals surface area (Å²) < 4.78 is 10.5. The molecule has 1 aromatic carbocycles. The van der Waals surface area contributed by atoms with Gasteiger partial charge in [0, 0.05) is 13.1 Å². The summed E-state index contributed by atoms with van der Waals surface area (Å²) in [7, 11) is 1.53. The number of nitrogens with zero attached hydrogens (tertiary/aromatic N) is 1. The predicted molar refractivity (Wildman–Crippen MR) is 79.4 cm³/mol. The Morgan fingerprint density at radius 2 is 1.76 bits per heavy atom. The number of likely N-dealkylation sites (N-methyl/N-ethyl adjacent to an activating group) is 1. The molecular formula is C15H22N2O4. The maximum absolute atomic E-state index is 11.7. The van der Waals surface area contributed by atoms with Crippen molar-refractivity contribution in [3.05, 3.63) is 24.3 Å². The van der Waals surface area contributed by atoms with Crippen LogP contribution in [0.3, 0.4) is 0 Å². The molecular weight excluding hydrogens is 272 g/mol. The van der Waals surface area contributed by atoms with Crippen molar-refractivity contribution in [2.45, 2.75) is 13.8 Å². The second-order valence-corrected chi connectivity index (χ2v) is 4.28. The second kappa shape index (κ2) is 8.84. The Kier molecular flexibility index (Phi) is 7.08. The number of benzene rings is 1. The van der Waals surface area contributed by atoms with Gasteiger partial charge in [-0.2, -0.15) is 0 Å². The number of nitrogens with one attached hydrogen (secondary N) is 1. The highest BCUT2D eigenvalue weighted by molar-refractivity contribution is 5.85. The first-order valence-corrected chi connectivity index (χ1v) is 6.92. The van der Waals surface area contributed by atoms with E-state index in [1.54, 1.807) is 23.1 Å². The lowest BCUT2D eigenvalue weighted by Crippen LogP contribution is -2.41. The lowest BCUT2D eigenvalue weighted by atomic mass is 10.3. The quantitative estimate of drug-likeness (QED) is 0.778. The first-order valence-electron chi connectivity index (χ1n) is 6.92. The number of para-hydroxylation sites is 2. The highest BCUT2D eigenvalue weighted by Crippen LogP contribution is 2.25. The van der Waals surface area contributed by atoms with Gasteiger partial charge < -0.3 is 19.7 Å². The van der Waals surface area contributed by atoms with Crippen LogP contribution in [0.25, 0.3) is 0 Å². The van der Waals surface area contributed by atoms with Crippen LogP contribution in [0.15, 0.2) is 24.3 Å². The number of methoxy groups -OCH3 is 1. The van der Waals surface area contributed by atoms with Crippen molar-refractivity contribution in [3.8, 4) is 11.5 Å². The molecule has 21 heavy (non-hydrogen) atoms. The van der Waals surface area contributed by atoms with Gasteiger partial charge in [-0.3, -0.25) is 9.59 Å². The molecule has 0 aliphatic carbocycles. The zero-order valence-electron chi connectivity index (χ0n) is 12.7. The van der Waals surface area contributed by atoms with E-state index in [9.17, 15) is 9.59 Å². The molecule has 1 N–H and O–H groups in total.